The second-order valence-electron chi connectivity index (χ2n) is 7.97. The van der Waals surface area contributed by atoms with Crippen LogP contribution in [0.2, 0.25) is 5.02 Å². The van der Waals surface area contributed by atoms with E-state index in [1.807, 2.05) is 44.2 Å². The number of nitrogens with zero attached hydrogens (tertiary/aromatic N) is 3. The first-order valence-corrected chi connectivity index (χ1v) is 10.0. The Hall–Kier alpha value is -2.86. The number of ether oxygens (including phenoxy) is 1. The van der Waals surface area contributed by atoms with Gasteiger partial charge in [0.05, 0.1) is 11.1 Å². The van der Waals surface area contributed by atoms with E-state index in [1.54, 1.807) is 6.07 Å². The molecule has 0 unspecified atom stereocenters. The van der Waals surface area contributed by atoms with Gasteiger partial charge in [-0.15, -0.1) is 0 Å². The molecule has 2 heterocycles. The molecule has 1 aliphatic heterocycles. The third-order valence-electron chi connectivity index (χ3n) is 5.53. The van der Waals surface area contributed by atoms with Gasteiger partial charge in [-0.3, -0.25) is 4.79 Å². The standard InChI is InChI=1S/C22H20ClN3O3/c1-13(2)28-19-6-4-15(10-17(19)23)20-24-21(25-29-20)26-12-22(7-8-22)16-9-14(11-27)3-5-18(16)26/h3-6,9-11,13H,7-8,12H2,1-2H3. The Labute approximate surface area is 173 Å². The summed E-state index contributed by atoms with van der Waals surface area (Å²) < 4.78 is 11.2. The molecule has 29 heavy (non-hydrogen) atoms. The van der Waals surface area contributed by atoms with Gasteiger partial charge in [-0.25, -0.2) is 0 Å². The predicted octanol–water partition coefficient (Wildman–Crippen LogP) is 5.17. The Morgan fingerprint density at radius 2 is 2.07 bits per heavy atom. The minimum Gasteiger partial charge on any atom is -0.489 e. The van der Waals surface area contributed by atoms with Crippen LogP contribution in [0.15, 0.2) is 40.9 Å². The number of fused-ring (bicyclic) bond motifs is 2. The van der Waals surface area contributed by atoms with Crippen LogP contribution in [0.4, 0.5) is 11.6 Å². The molecule has 148 valence electrons. The number of aromatic nitrogens is 2. The maximum absolute atomic E-state index is 11.2. The normalized spacial score (nSPS) is 16.3. The van der Waals surface area contributed by atoms with Crippen molar-refractivity contribution < 1.29 is 14.1 Å². The van der Waals surface area contributed by atoms with Gasteiger partial charge in [0.25, 0.3) is 11.8 Å². The van der Waals surface area contributed by atoms with Gasteiger partial charge in [0.2, 0.25) is 0 Å². The summed E-state index contributed by atoms with van der Waals surface area (Å²) in [7, 11) is 0. The molecule has 1 saturated carbocycles. The number of aldehydes is 1. The fourth-order valence-electron chi connectivity index (χ4n) is 3.94. The highest BCUT2D eigenvalue weighted by Gasteiger charge is 2.52. The molecule has 1 spiro atoms. The number of hydrogen-bond donors (Lipinski definition) is 0. The van der Waals surface area contributed by atoms with Crippen LogP contribution in [-0.4, -0.2) is 29.1 Å². The number of halogens is 1. The summed E-state index contributed by atoms with van der Waals surface area (Å²) in [4.78, 5) is 17.9. The fourth-order valence-corrected chi connectivity index (χ4v) is 4.17. The summed E-state index contributed by atoms with van der Waals surface area (Å²) in [5, 5.41) is 4.71. The van der Waals surface area contributed by atoms with Gasteiger partial charge >= 0.3 is 0 Å². The van der Waals surface area contributed by atoms with Gasteiger partial charge in [-0.05, 0) is 73.8 Å². The van der Waals surface area contributed by atoms with Gasteiger partial charge in [0.15, 0.2) is 0 Å². The van der Waals surface area contributed by atoms with Crippen LogP contribution >= 0.6 is 11.6 Å². The molecule has 0 bridgehead atoms. The quantitative estimate of drug-likeness (QED) is 0.541. The molecule has 2 aromatic carbocycles. The average molecular weight is 410 g/mol. The Morgan fingerprint density at radius 3 is 2.76 bits per heavy atom. The van der Waals surface area contributed by atoms with Crippen molar-refractivity contribution in [3.05, 3.63) is 52.5 Å². The van der Waals surface area contributed by atoms with E-state index in [0.29, 0.717) is 28.2 Å². The van der Waals surface area contributed by atoms with Crippen LogP contribution in [0.5, 0.6) is 5.75 Å². The van der Waals surface area contributed by atoms with Crippen LogP contribution in [0.25, 0.3) is 11.5 Å². The lowest BCUT2D eigenvalue weighted by molar-refractivity contribution is 0.112. The van der Waals surface area contributed by atoms with Gasteiger partial charge in [0.1, 0.15) is 12.0 Å². The van der Waals surface area contributed by atoms with Gasteiger partial charge in [0, 0.05) is 28.8 Å². The topological polar surface area (TPSA) is 68.5 Å². The number of rotatable bonds is 5. The molecule has 0 N–H and O–H groups in total. The van der Waals surface area contributed by atoms with Crippen molar-refractivity contribution in [2.24, 2.45) is 0 Å². The minimum absolute atomic E-state index is 0.0399. The Morgan fingerprint density at radius 1 is 1.24 bits per heavy atom. The largest absolute Gasteiger partial charge is 0.489 e. The zero-order valence-corrected chi connectivity index (χ0v) is 16.9. The van der Waals surface area contributed by atoms with Crippen molar-refractivity contribution in [1.82, 2.24) is 10.1 Å². The summed E-state index contributed by atoms with van der Waals surface area (Å²) >= 11 is 6.34. The number of anilines is 2. The molecule has 6 nitrogen and oxygen atoms in total. The summed E-state index contributed by atoms with van der Waals surface area (Å²) in [6.07, 6.45) is 3.15. The van der Waals surface area contributed by atoms with Gasteiger partial charge in [-0.1, -0.05) is 11.6 Å². The lowest BCUT2D eigenvalue weighted by Crippen LogP contribution is -2.20. The molecule has 3 aromatic rings. The first kappa shape index (κ1) is 18.2. The first-order chi connectivity index (χ1) is 14.0. The van der Waals surface area contributed by atoms with Crippen molar-refractivity contribution in [3.63, 3.8) is 0 Å². The van der Waals surface area contributed by atoms with E-state index in [9.17, 15) is 4.79 Å². The smallest absolute Gasteiger partial charge is 0.270 e. The lowest BCUT2D eigenvalue weighted by Gasteiger charge is -2.14. The SMILES string of the molecule is CC(C)Oc1ccc(-c2nc(N3CC4(CC4)c4cc(C=O)ccc43)no2)cc1Cl. The molecule has 1 aromatic heterocycles. The number of hydrogen-bond acceptors (Lipinski definition) is 6. The van der Waals surface area contributed by atoms with E-state index in [4.69, 9.17) is 20.9 Å². The third kappa shape index (κ3) is 3.08. The van der Waals surface area contributed by atoms with Crippen LogP contribution in [0, 0.1) is 0 Å². The summed E-state index contributed by atoms with van der Waals surface area (Å²) in [6, 6.07) is 11.2. The molecule has 0 amide bonds. The van der Waals surface area contributed by atoms with Gasteiger partial charge in [-0.2, -0.15) is 4.98 Å². The third-order valence-corrected chi connectivity index (χ3v) is 5.83. The van der Waals surface area contributed by atoms with Crippen LogP contribution in [-0.2, 0) is 5.41 Å². The Bertz CT molecular complexity index is 1100. The molecule has 1 fully saturated rings. The maximum atomic E-state index is 11.2. The monoisotopic (exact) mass is 409 g/mol. The highest BCUT2D eigenvalue weighted by molar-refractivity contribution is 6.32. The molecular formula is C22H20ClN3O3. The Balaban J connectivity index is 1.46. The molecule has 2 aliphatic rings. The number of carbonyl (C=O) groups excluding carboxylic acids is 1. The van der Waals surface area contributed by atoms with E-state index >= 15 is 0 Å². The molecule has 0 atom stereocenters. The summed E-state index contributed by atoms with van der Waals surface area (Å²) in [6.45, 7) is 4.70. The van der Waals surface area contributed by atoms with E-state index < -0.39 is 0 Å². The summed E-state index contributed by atoms with van der Waals surface area (Å²) in [5.41, 5.74) is 3.78. The van der Waals surface area contributed by atoms with Crippen molar-refractivity contribution in [3.8, 4) is 17.2 Å². The first-order valence-electron chi connectivity index (χ1n) is 9.67. The second kappa shape index (κ2) is 6.59. The van der Waals surface area contributed by atoms with E-state index in [0.717, 1.165) is 36.9 Å². The summed E-state index contributed by atoms with van der Waals surface area (Å²) in [5.74, 6) is 1.54. The average Bonchev–Trinajstić information content (AvgIpc) is 3.19. The molecule has 1 aliphatic carbocycles. The van der Waals surface area contributed by atoms with Crippen LogP contribution in [0.1, 0.15) is 42.6 Å². The zero-order valence-electron chi connectivity index (χ0n) is 16.2. The van der Waals surface area contributed by atoms with Crippen molar-refractivity contribution in [2.75, 3.05) is 11.4 Å². The maximum Gasteiger partial charge on any atom is 0.270 e. The highest BCUT2D eigenvalue weighted by atomic mass is 35.5. The van der Waals surface area contributed by atoms with E-state index in [-0.39, 0.29) is 11.5 Å². The molecule has 5 rings (SSSR count). The lowest BCUT2D eigenvalue weighted by atomic mass is 9.97. The second-order valence-corrected chi connectivity index (χ2v) is 8.38. The molecule has 0 radical (unpaired) electrons. The van der Waals surface area contributed by atoms with Crippen molar-refractivity contribution in [2.45, 2.75) is 38.2 Å². The minimum atomic E-state index is 0.0399. The molecule has 7 heteroatoms. The van der Waals surface area contributed by atoms with Crippen LogP contribution < -0.4 is 9.64 Å². The predicted molar refractivity (Wildman–Crippen MR) is 110 cm³/mol. The molecule has 0 saturated heterocycles. The zero-order chi connectivity index (χ0) is 20.2. The highest BCUT2D eigenvalue weighted by Crippen LogP contribution is 2.57. The fraction of sp³-hybridized carbons (Fsp3) is 0.318. The van der Waals surface area contributed by atoms with Crippen molar-refractivity contribution in [1.29, 1.82) is 0 Å². The van der Waals surface area contributed by atoms with E-state index in [1.165, 1.54) is 5.56 Å². The number of carbonyl (C=O) groups is 1. The molecular weight excluding hydrogens is 390 g/mol. The number of benzene rings is 2. The van der Waals surface area contributed by atoms with Crippen LogP contribution in [0.3, 0.4) is 0 Å². The Kier molecular flexibility index (Phi) is 4.13. The van der Waals surface area contributed by atoms with Crippen molar-refractivity contribution >= 4 is 29.5 Å². The van der Waals surface area contributed by atoms with Gasteiger partial charge < -0.3 is 14.2 Å². The van der Waals surface area contributed by atoms with E-state index in [2.05, 4.69) is 15.0 Å².